The van der Waals surface area contributed by atoms with E-state index in [-0.39, 0.29) is 12.6 Å². The van der Waals surface area contributed by atoms with Crippen LogP contribution in [0.4, 0.5) is 48.3 Å². The number of nitrogens with one attached hydrogen (secondary N) is 1. The fourth-order valence-corrected chi connectivity index (χ4v) is 3.31. The molecular weight excluding hydrogens is 481 g/mol. The summed E-state index contributed by atoms with van der Waals surface area (Å²) in [7, 11) is 0. The van der Waals surface area contributed by atoms with E-state index in [1.165, 1.54) is 4.90 Å². The SMILES string of the molecule is CC1CNCCN1COc1c(-c2c(F)c(F)c(F)c(F)c2F)c(F)c(F)c(F)c1C(F)(F)F. The summed E-state index contributed by atoms with van der Waals surface area (Å²) in [4.78, 5) is 1.36. The molecule has 0 amide bonds. The van der Waals surface area contributed by atoms with Gasteiger partial charge in [0.1, 0.15) is 18.0 Å². The molecule has 1 heterocycles. The molecule has 1 saturated heterocycles. The Kier molecular flexibility index (Phi) is 6.80. The maximum Gasteiger partial charge on any atom is 0.422 e. The van der Waals surface area contributed by atoms with Crippen molar-refractivity contribution in [2.24, 2.45) is 0 Å². The monoisotopic (exact) mass is 494 g/mol. The van der Waals surface area contributed by atoms with E-state index in [4.69, 9.17) is 4.74 Å². The fourth-order valence-electron chi connectivity index (χ4n) is 3.31. The van der Waals surface area contributed by atoms with Crippen LogP contribution in [-0.2, 0) is 6.18 Å². The zero-order valence-corrected chi connectivity index (χ0v) is 16.4. The van der Waals surface area contributed by atoms with Crippen molar-refractivity contribution in [3.63, 3.8) is 0 Å². The summed E-state index contributed by atoms with van der Waals surface area (Å²) in [6, 6.07) is -0.388. The van der Waals surface area contributed by atoms with Gasteiger partial charge in [0.15, 0.2) is 40.7 Å². The number of benzene rings is 2. The minimum Gasteiger partial charge on any atom is -0.477 e. The lowest BCUT2D eigenvalue weighted by atomic mass is 9.97. The van der Waals surface area contributed by atoms with Gasteiger partial charge in [0.25, 0.3) is 0 Å². The van der Waals surface area contributed by atoms with Crippen molar-refractivity contribution in [3.05, 3.63) is 52.1 Å². The highest BCUT2D eigenvalue weighted by Crippen LogP contribution is 2.48. The molecule has 0 aliphatic carbocycles. The Morgan fingerprint density at radius 2 is 1.27 bits per heavy atom. The van der Waals surface area contributed by atoms with E-state index < -0.39 is 81.9 Å². The first-order valence-corrected chi connectivity index (χ1v) is 9.15. The van der Waals surface area contributed by atoms with Gasteiger partial charge >= 0.3 is 6.18 Å². The molecule has 3 nitrogen and oxygen atoms in total. The van der Waals surface area contributed by atoms with Gasteiger partial charge in [-0.05, 0) is 6.92 Å². The number of alkyl halides is 3. The lowest BCUT2D eigenvalue weighted by molar-refractivity contribution is -0.142. The van der Waals surface area contributed by atoms with Gasteiger partial charge < -0.3 is 10.1 Å². The largest absolute Gasteiger partial charge is 0.477 e. The zero-order valence-electron chi connectivity index (χ0n) is 16.4. The Hall–Kier alpha value is -2.61. The van der Waals surface area contributed by atoms with Gasteiger partial charge in [-0.3, -0.25) is 4.90 Å². The minimum atomic E-state index is -5.80. The molecular formula is C19H13F11N2O. The molecule has 182 valence electrons. The van der Waals surface area contributed by atoms with Crippen molar-refractivity contribution >= 4 is 0 Å². The Morgan fingerprint density at radius 1 is 0.788 bits per heavy atom. The molecule has 1 aliphatic heterocycles. The summed E-state index contributed by atoms with van der Waals surface area (Å²) in [5.41, 5.74) is -6.95. The van der Waals surface area contributed by atoms with Crippen LogP contribution in [0.2, 0.25) is 0 Å². The van der Waals surface area contributed by atoms with Crippen LogP contribution in [0.5, 0.6) is 5.75 Å². The van der Waals surface area contributed by atoms with Crippen LogP contribution in [-0.4, -0.2) is 37.3 Å². The molecule has 14 heteroatoms. The van der Waals surface area contributed by atoms with Crippen molar-refractivity contribution in [2.45, 2.75) is 19.1 Å². The summed E-state index contributed by atoms with van der Waals surface area (Å²) in [5, 5.41) is 2.93. The standard InChI is InChI=1S/C19H13F11N2O/c1-6-4-31-2-3-32(6)5-33-18-8(7-10(20)15(25)17(27)16(26)11(7)21)12(22)14(24)13(23)9(18)19(28,29)30/h6,31H,2-5H2,1H3. The van der Waals surface area contributed by atoms with E-state index in [1.54, 1.807) is 6.92 Å². The maximum atomic E-state index is 14.6. The maximum absolute atomic E-state index is 14.6. The molecule has 1 N–H and O–H groups in total. The molecule has 0 saturated carbocycles. The van der Waals surface area contributed by atoms with Crippen LogP contribution in [0, 0.1) is 46.5 Å². The molecule has 33 heavy (non-hydrogen) atoms. The number of hydrogen-bond donors (Lipinski definition) is 1. The molecule has 0 aromatic heterocycles. The third kappa shape index (κ3) is 4.33. The van der Waals surface area contributed by atoms with Crippen LogP contribution in [0.3, 0.4) is 0 Å². The van der Waals surface area contributed by atoms with Crippen molar-refractivity contribution in [1.82, 2.24) is 10.2 Å². The number of rotatable bonds is 4. The normalized spacial score (nSPS) is 17.5. The molecule has 3 rings (SSSR count). The van der Waals surface area contributed by atoms with Crippen LogP contribution < -0.4 is 10.1 Å². The first-order chi connectivity index (χ1) is 15.3. The fraction of sp³-hybridized carbons (Fsp3) is 0.368. The topological polar surface area (TPSA) is 24.5 Å². The van der Waals surface area contributed by atoms with E-state index in [2.05, 4.69) is 5.32 Å². The van der Waals surface area contributed by atoms with Crippen LogP contribution >= 0.6 is 0 Å². The Morgan fingerprint density at radius 3 is 1.79 bits per heavy atom. The zero-order chi connectivity index (χ0) is 24.8. The summed E-state index contributed by atoms with van der Waals surface area (Å²) in [6.45, 7) is 1.57. The van der Waals surface area contributed by atoms with Crippen LogP contribution in [0.15, 0.2) is 0 Å². The van der Waals surface area contributed by atoms with E-state index in [0.29, 0.717) is 13.1 Å². The Bertz CT molecular complexity index is 1060. The lowest BCUT2D eigenvalue weighted by Crippen LogP contribution is -2.51. The number of nitrogens with zero attached hydrogens (tertiary/aromatic N) is 1. The predicted octanol–water partition coefficient (Wildman–Crippen LogP) is 5.12. The summed E-state index contributed by atoms with van der Waals surface area (Å²) in [6.07, 6.45) is -5.80. The average molecular weight is 494 g/mol. The van der Waals surface area contributed by atoms with Gasteiger partial charge in [-0.25, -0.2) is 35.1 Å². The average Bonchev–Trinajstić information content (AvgIpc) is 2.75. The first-order valence-electron chi connectivity index (χ1n) is 9.15. The molecule has 0 bridgehead atoms. The highest BCUT2D eigenvalue weighted by Gasteiger charge is 2.44. The van der Waals surface area contributed by atoms with E-state index in [0.717, 1.165) is 0 Å². The highest BCUT2D eigenvalue weighted by atomic mass is 19.4. The van der Waals surface area contributed by atoms with Crippen molar-refractivity contribution in [2.75, 3.05) is 26.4 Å². The van der Waals surface area contributed by atoms with Crippen molar-refractivity contribution in [1.29, 1.82) is 0 Å². The third-order valence-electron chi connectivity index (χ3n) is 5.04. The summed E-state index contributed by atoms with van der Waals surface area (Å²) >= 11 is 0. The molecule has 1 atom stereocenters. The Labute approximate surface area is 178 Å². The van der Waals surface area contributed by atoms with Crippen LogP contribution in [0.1, 0.15) is 12.5 Å². The summed E-state index contributed by atoms with van der Waals surface area (Å²) < 4.78 is 158. The van der Waals surface area contributed by atoms with E-state index in [1.807, 2.05) is 0 Å². The van der Waals surface area contributed by atoms with Crippen molar-refractivity contribution < 1.29 is 53.0 Å². The van der Waals surface area contributed by atoms with Gasteiger partial charge in [-0.15, -0.1) is 0 Å². The number of piperazine rings is 1. The van der Waals surface area contributed by atoms with E-state index >= 15 is 0 Å². The smallest absolute Gasteiger partial charge is 0.422 e. The van der Waals surface area contributed by atoms with Crippen LogP contribution in [0.25, 0.3) is 11.1 Å². The predicted molar refractivity (Wildman–Crippen MR) is 91.1 cm³/mol. The summed E-state index contributed by atoms with van der Waals surface area (Å²) in [5.74, 6) is -23.7. The molecule has 1 fully saturated rings. The molecule has 2 aromatic carbocycles. The number of hydrogen-bond acceptors (Lipinski definition) is 3. The van der Waals surface area contributed by atoms with Gasteiger partial charge in [0, 0.05) is 25.7 Å². The number of halogens is 11. The second-order valence-electron chi connectivity index (χ2n) is 7.10. The molecule has 2 aromatic rings. The number of ether oxygens (including phenoxy) is 1. The second kappa shape index (κ2) is 8.97. The van der Waals surface area contributed by atoms with Gasteiger partial charge in [0.05, 0.1) is 11.1 Å². The second-order valence-corrected chi connectivity index (χ2v) is 7.10. The van der Waals surface area contributed by atoms with Gasteiger partial charge in [0.2, 0.25) is 5.82 Å². The minimum absolute atomic E-state index is 0.159. The van der Waals surface area contributed by atoms with Gasteiger partial charge in [-0.2, -0.15) is 13.2 Å². The highest BCUT2D eigenvalue weighted by molar-refractivity contribution is 5.75. The van der Waals surface area contributed by atoms with Crippen molar-refractivity contribution in [3.8, 4) is 16.9 Å². The third-order valence-corrected chi connectivity index (χ3v) is 5.04. The molecule has 0 radical (unpaired) electrons. The van der Waals surface area contributed by atoms with E-state index in [9.17, 15) is 48.3 Å². The van der Waals surface area contributed by atoms with Gasteiger partial charge in [-0.1, -0.05) is 0 Å². The molecule has 0 spiro atoms. The quantitative estimate of drug-likeness (QED) is 0.363. The molecule has 1 aliphatic rings. The Balaban J connectivity index is 2.34. The first kappa shape index (κ1) is 25.0. The molecule has 1 unspecified atom stereocenters. The lowest BCUT2D eigenvalue weighted by Gasteiger charge is -2.34.